The smallest absolute Gasteiger partial charge is 0.226 e. The topological polar surface area (TPSA) is 59.1 Å². The summed E-state index contributed by atoms with van der Waals surface area (Å²) in [6, 6.07) is 0.380. The van der Waals surface area contributed by atoms with Gasteiger partial charge >= 0.3 is 0 Å². The molecule has 6 heteroatoms. The van der Waals surface area contributed by atoms with Gasteiger partial charge in [-0.05, 0) is 25.7 Å². The maximum absolute atomic E-state index is 12.8. The highest BCUT2D eigenvalue weighted by Gasteiger charge is 2.45. The number of nitrogens with zero attached hydrogens (tertiary/aromatic N) is 2. The average Bonchev–Trinajstić information content (AvgIpc) is 2.98. The number of rotatable bonds is 4. The van der Waals surface area contributed by atoms with Crippen LogP contribution in [0.5, 0.6) is 0 Å². The number of ether oxygens (including phenoxy) is 2. The van der Waals surface area contributed by atoms with Crippen LogP contribution in [0.4, 0.5) is 0 Å². The highest BCUT2D eigenvalue weighted by molar-refractivity contribution is 5.81. The lowest BCUT2D eigenvalue weighted by Gasteiger charge is -2.40. The molecule has 3 aliphatic rings. The van der Waals surface area contributed by atoms with Crippen LogP contribution < -0.4 is 0 Å². The summed E-state index contributed by atoms with van der Waals surface area (Å²) in [6.07, 6.45) is 3.91. The molecule has 3 saturated heterocycles. The average molecular weight is 310 g/mol. The van der Waals surface area contributed by atoms with Crippen molar-refractivity contribution in [2.45, 2.75) is 44.2 Å². The maximum Gasteiger partial charge on any atom is 0.226 e. The number of likely N-dealkylation sites (tertiary alicyclic amines) is 2. The molecule has 0 spiro atoms. The molecule has 0 bridgehead atoms. The molecule has 3 fully saturated rings. The van der Waals surface area contributed by atoms with Crippen molar-refractivity contribution < 1.29 is 19.1 Å². The van der Waals surface area contributed by atoms with Crippen molar-refractivity contribution in [2.75, 3.05) is 40.0 Å². The number of hydrogen-bond donors (Lipinski definition) is 0. The highest BCUT2D eigenvalue weighted by atomic mass is 16.5. The first-order chi connectivity index (χ1) is 10.7. The fraction of sp³-hybridized carbons (Fsp3) is 0.875. The maximum atomic E-state index is 12.8. The van der Waals surface area contributed by atoms with Crippen LogP contribution in [0.15, 0.2) is 0 Å². The van der Waals surface area contributed by atoms with Gasteiger partial charge in [0.1, 0.15) is 0 Å². The van der Waals surface area contributed by atoms with Crippen molar-refractivity contribution in [3.63, 3.8) is 0 Å². The quantitative estimate of drug-likeness (QED) is 0.765. The normalized spacial score (nSPS) is 29.8. The summed E-state index contributed by atoms with van der Waals surface area (Å²) >= 11 is 0. The van der Waals surface area contributed by atoms with E-state index in [1.54, 1.807) is 7.11 Å². The van der Waals surface area contributed by atoms with Crippen LogP contribution in [0, 0.1) is 5.92 Å². The molecule has 0 unspecified atom stereocenters. The van der Waals surface area contributed by atoms with Gasteiger partial charge in [-0.2, -0.15) is 0 Å². The van der Waals surface area contributed by atoms with Crippen LogP contribution in [0.1, 0.15) is 32.1 Å². The number of fused-ring (bicyclic) bond motifs is 1. The summed E-state index contributed by atoms with van der Waals surface area (Å²) in [6.45, 7) is 3.36. The summed E-state index contributed by atoms with van der Waals surface area (Å²) in [5.74, 6) is 0.591. The van der Waals surface area contributed by atoms with E-state index in [4.69, 9.17) is 9.47 Å². The Balaban J connectivity index is 1.66. The van der Waals surface area contributed by atoms with Gasteiger partial charge < -0.3 is 19.3 Å². The molecule has 0 radical (unpaired) electrons. The summed E-state index contributed by atoms with van der Waals surface area (Å²) in [7, 11) is 1.65. The Bertz CT molecular complexity index is 422. The van der Waals surface area contributed by atoms with Crippen molar-refractivity contribution in [1.29, 1.82) is 0 Å². The van der Waals surface area contributed by atoms with E-state index in [1.165, 1.54) is 0 Å². The predicted octanol–water partition coefficient (Wildman–Crippen LogP) is 0.651. The molecule has 0 aromatic carbocycles. The van der Waals surface area contributed by atoms with E-state index in [9.17, 15) is 9.59 Å². The van der Waals surface area contributed by atoms with Crippen molar-refractivity contribution in [1.82, 2.24) is 9.80 Å². The van der Waals surface area contributed by atoms with Crippen LogP contribution in [0.3, 0.4) is 0 Å². The van der Waals surface area contributed by atoms with Crippen molar-refractivity contribution in [3.05, 3.63) is 0 Å². The van der Waals surface area contributed by atoms with Gasteiger partial charge in [-0.1, -0.05) is 0 Å². The van der Waals surface area contributed by atoms with Gasteiger partial charge in [-0.25, -0.2) is 0 Å². The van der Waals surface area contributed by atoms with Crippen LogP contribution in [0.2, 0.25) is 0 Å². The molecule has 6 nitrogen and oxygen atoms in total. The number of piperidine rings is 1. The SMILES string of the molecule is COCCN1C(=O)CC[C@@H]2[C@H]1CCN2C(=O)C1CCOCC1. The highest BCUT2D eigenvalue weighted by Crippen LogP contribution is 2.33. The molecular weight excluding hydrogens is 284 g/mol. The number of carbonyl (C=O) groups excluding carboxylic acids is 2. The van der Waals surface area contributed by atoms with E-state index >= 15 is 0 Å². The van der Waals surface area contributed by atoms with E-state index in [2.05, 4.69) is 0 Å². The third kappa shape index (κ3) is 2.99. The van der Waals surface area contributed by atoms with Gasteiger partial charge in [-0.15, -0.1) is 0 Å². The van der Waals surface area contributed by atoms with Crippen LogP contribution in [-0.2, 0) is 19.1 Å². The second kappa shape index (κ2) is 6.96. The summed E-state index contributed by atoms with van der Waals surface area (Å²) in [5.41, 5.74) is 0. The molecule has 124 valence electrons. The van der Waals surface area contributed by atoms with Crippen molar-refractivity contribution in [3.8, 4) is 0 Å². The molecule has 0 aliphatic carbocycles. The first-order valence-electron chi connectivity index (χ1n) is 8.39. The van der Waals surface area contributed by atoms with Crippen molar-refractivity contribution in [2.24, 2.45) is 5.92 Å². The van der Waals surface area contributed by atoms with Crippen LogP contribution in [-0.4, -0.2) is 73.7 Å². The fourth-order valence-electron chi connectivity index (χ4n) is 4.08. The lowest BCUT2D eigenvalue weighted by Crippen LogP contribution is -2.54. The van der Waals surface area contributed by atoms with Gasteiger partial charge in [0.25, 0.3) is 0 Å². The first kappa shape index (κ1) is 15.7. The standard InChI is InChI=1S/C16H26N2O4/c1-21-11-8-17-14-4-7-18(13(14)2-3-15(17)19)16(20)12-5-9-22-10-6-12/h12-14H,2-11H2,1H3/t13-,14-/m1/s1. The fourth-order valence-corrected chi connectivity index (χ4v) is 4.08. The van der Waals surface area contributed by atoms with Crippen molar-refractivity contribution >= 4 is 11.8 Å². The second-order valence-corrected chi connectivity index (χ2v) is 6.46. The summed E-state index contributed by atoms with van der Waals surface area (Å²) in [4.78, 5) is 29.0. The summed E-state index contributed by atoms with van der Waals surface area (Å²) < 4.78 is 10.5. The Morgan fingerprint density at radius 1 is 1.23 bits per heavy atom. The molecule has 2 atom stereocenters. The second-order valence-electron chi connectivity index (χ2n) is 6.46. The number of methoxy groups -OCH3 is 1. The summed E-state index contributed by atoms with van der Waals surface area (Å²) in [5, 5.41) is 0. The molecular formula is C16H26N2O4. The third-order valence-corrected chi connectivity index (χ3v) is 5.27. The minimum Gasteiger partial charge on any atom is -0.383 e. The molecule has 2 amide bonds. The molecule has 0 aromatic rings. The van der Waals surface area contributed by atoms with Gasteiger partial charge in [-0.3, -0.25) is 9.59 Å². The molecule has 0 saturated carbocycles. The van der Waals surface area contributed by atoms with E-state index in [1.807, 2.05) is 9.80 Å². The Kier molecular flexibility index (Phi) is 4.98. The molecule has 3 rings (SSSR count). The van der Waals surface area contributed by atoms with E-state index in [0.29, 0.717) is 32.8 Å². The zero-order valence-electron chi connectivity index (χ0n) is 13.3. The van der Waals surface area contributed by atoms with Gasteiger partial charge in [0.2, 0.25) is 11.8 Å². The van der Waals surface area contributed by atoms with Gasteiger partial charge in [0, 0.05) is 45.8 Å². The minimum absolute atomic E-state index is 0.109. The van der Waals surface area contributed by atoms with Gasteiger partial charge in [0.15, 0.2) is 0 Å². The number of amides is 2. The van der Waals surface area contributed by atoms with E-state index in [-0.39, 0.29) is 29.8 Å². The molecule has 0 aromatic heterocycles. The minimum atomic E-state index is 0.109. The zero-order chi connectivity index (χ0) is 15.5. The van der Waals surface area contributed by atoms with E-state index in [0.717, 1.165) is 32.2 Å². The van der Waals surface area contributed by atoms with Crippen LogP contribution in [0.25, 0.3) is 0 Å². The Morgan fingerprint density at radius 3 is 2.73 bits per heavy atom. The van der Waals surface area contributed by atoms with Gasteiger partial charge in [0.05, 0.1) is 18.7 Å². The Morgan fingerprint density at radius 2 is 2.00 bits per heavy atom. The predicted molar refractivity (Wildman–Crippen MR) is 80.3 cm³/mol. The molecule has 0 N–H and O–H groups in total. The van der Waals surface area contributed by atoms with Crippen LogP contribution >= 0.6 is 0 Å². The Hall–Kier alpha value is -1.14. The largest absolute Gasteiger partial charge is 0.383 e. The lowest BCUT2D eigenvalue weighted by molar-refractivity contribution is -0.145. The lowest BCUT2D eigenvalue weighted by atomic mass is 9.94. The molecule has 3 aliphatic heterocycles. The molecule has 3 heterocycles. The number of carbonyl (C=O) groups is 2. The first-order valence-corrected chi connectivity index (χ1v) is 8.39. The molecule has 22 heavy (non-hydrogen) atoms. The Labute approximate surface area is 131 Å². The van der Waals surface area contributed by atoms with E-state index < -0.39 is 0 Å². The zero-order valence-corrected chi connectivity index (χ0v) is 13.3. The third-order valence-electron chi connectivity index (χ3n) is 5.27. The monoisotopic (exact) mass is 310 g/mol. The number of hydrogen-bond acceptors (Lipinski definition) is 4.